The van der Waals surface area contributed by atoms with E-state index in [9.17, 15) is 9.59 Å². The molecule has 0 saturated carbocycles. The molecule has 0 aliphatic heterocycles. The Morgan fingerprint density at radius 2 is 0.780 bits per heavy atom. The van der Waals surface area contributed by atoms with E-state index in [2.05, 4.69) is 12.1 Å². The Balaban J connectivity index is 1.60. The third-order valence-corrected chi connectivity index (χ3v) is 10.8. The number of thiophene rings is 2. The highest BCUT2D eigenvalue weighted by atomic mass is 32.1. The van der Waals surface area contributed by atoms with Crippen molar-refractivity contribution in [2.24, 2.45) is 0 Å². The van der Waals surface area contributed by atoms with Crippen LogP contribution in [0.2, 0.25) is 0 Å². The van der Waals surface area contributed by atoms with E-state index in [1.54, 1.807) is 75.4 Å². The maximum atomic E-state index is 12.2. The van der Waals surface area contributed by atoms with Gasteiger partial charge in [-0.3, -0.25) is 0 Å². The van der Waals surface area contributed by atoms with Crippen LogP contribution in [0.4, 0.5) is 0 Å². The molecule has 0 amide bonds. The molecule has 0 radical (unpaired) electrons. The van der Waals surface area contributed by atoms with Crippen molar-refractivity contribution in [2.45, 2.75) is 0 Å². The first-order valence-electron chi connectivity index (χ1n) is 15.4. The van der Waals surface area contributed by atoms with Crippen LogP contribution in [0.15, 0.2) is 97.1 Å². The highest BCUT2D eigenvalue weighted by molar-refractivity contribution is 7.26. The minimum absolute atomic E-state index is 0.404. The van der Waals surface area contributed by atoms with Gasteiger partial charge in [-0.05, 0) is 71.8 Å². The van der Waals surface area contributed by atoms with E-state index in [1.165, 1.54) is 14.2 Å². The molecule has 4 aromatic carbocycles. The van der Waals surface area contributed by atoms with E-state index in [-0.39, 0.29) is 0 Å². The van der Waals surface area contributed by atoms with Gasteiger partial charge in [-0.25, -0.2) is 9.59 Å². The minimum Gasteiger partial charge on any atom is -0.496 e. The molecule has 8 nitrogen and oxygen atoms in total. The lowest BCUT2D eigenvalue weighted by molar-refractivity contribution is 0.0592. The van der Waals surface area contributed by atoms with E-state index in [0.717, 1.165) is 52.9 Å². The molecule has 0 saturated heterocycles. The normalized spacial score (nSPS) is 10.8. The zero-order valence-electron chi connectivity index (χ0n) is 28.3. The smallest absolute Gasteiger partial charge is 0.337 e. The quantitative estimate of drug-likeness (QED) is 0.123. The molecule has 254 valence electrons. The number of ether oxygens (including phenoxy) is 6. The van der Waals surface area contributed by atoms with E-state index < -0.39 is 11.9 Å². The van der Waals surface area contributed by atoms with Crippen LogP contribution in [0, 0.1) is 0 Å². The first kappa shape index (κ1) is 34.3. The summed E-state index contributed by atoms with van der Waals surface area (Å²) in [4.78, 5) is 28.4. The van der Waals surface area contributed by atoms with Crippen molar-refractivity contribution >= 4 is 34.6 Å². The first-order valence-corrected chi connectivity index (χ1v) is 17.1. The third kappa shape index (κ3) is 6.43. The van der Waals surface area contributed by atoms with Crippen LogP contribution < -0.4 is 18.9 Å². The summed E-state index contributed by atoms with van der Waals surface area (Å²) in [5.74, 6) is 1.87. The third-order valence-electron chi connectivity index (χ3n) is 8.25. The van der Waals surface area contributed by atoms with Crippen molar-refractivity contribution in [3.63, 3.8) is 0 Å². The molecule has 0 unspecified atom stereocenters. The Kier molecular flexibility index (Phi) is 10.2. The Labute approximate surface area is 298 Å². The fourth-order valence-corrected chi connectivity index (χ4v) is 8.32. The van der Waals surface area contributed by atoms with Crippen LogP contribution in [0.3, 0.4) is 0 Å². The number of hydrogen-bond donors (Lipinski definition) is 0. The average Bonchev–Trinajstić information content (AvgIpc) is 3.82. The topological polar surface area (TPSA) is 89.5 Å². The van der Waals surface area contributed by atoms with Crippen molar-refractivity contribution in [1.82, 2.24) is 0 Å². The van der Waals surface area contributed by atoms with Crippen molar-refractivity contribution in [1.29, 1.82) is 0 Å². The zero-order chi connectivity index (χ0) is 35.4. The Morgan fingerprint density at radius 3 is 1.06 bits per heavy atom. The predicted molar refractivity (Wildman–Crippen MR) is 198 cm³/mol. The van der Waals surface area contributed by atoms with E-state index in [1.807, 2.05) is 60.7 Å². The Bertz CT molecular complexity index is 1960. The summed E-state index contributed by atoms with van der Waals surface area (Å²) in [5, 5.41) is 0. The maximum Gasteiger partial charge on any atom is 0.337 e. The fourth-order valence-electron chi connectivity index (χ4n) is 5.78. The Morgan fingerprint density at radius 1 is 0.460 bits per heavy atom. The lowest BCUT2D eigenvalue weighted by Gasteiger charge is -2.14. The molecule has 0 aliphatic rings. The van der Waals surface area contributed by atoms with Crippen LogP contribution in [-0.2, 0) is 9.47 Å². The molecule has 0 spiro atoms. The number of hydrogen-bond acceptors (Lipinski definition) is 10. The van der Waals surface area contributed by atoms with Crippen molar-refractivity contribution < 1.29 is 38.0 Å². The van der Waals surface area contributed by atoms with Gasteiger partial charge in [0.05, 0.1) is 74.7 Å². The molecule has 0 aliphatic carbocycles. The largest absolute Gasteiger partial charge is 0.496 e. The summed E-state index contributed by atoms with van der Waals surface area (Å²) < 4.78 is 33.2. The van der Waals surface area contributed by atoms with Gasteiger partial charge in [0.25, 0.3) is 0 Å². The summed E-state index contributed by atoms with van der Waals surface area (Å²) in [6.07, 6.45) is 0. The van der Waals surface area contributed by atoms with Gasteiger partial charge >= 0.3 is 11.9 Å². The lowest BCUT2D eigenvalue weighted by atomic mass is 9.99. The van der Waals surface area contributed by atoms with E-state index in [0.29, 0.717) is 34.1 Å². The zero-order valence-corrected chi connectivity index (χ0v) is 30.0. The van der Waals surface area contributed by atoms with Gasteiger partial charge in [0.1, 0.15) is 23.0 Å². The molecule has 2 heterocycles. The molecular formula is C40H34O8S2. The highest BCUT2D eigenvalue weighted by Gasteiger charge is 2.25. The molecule has 0 N–H and O–H groups in total. The standard InChI is InChI=1S/C40H34O8S2/c1-43-29-9-7-10-30(44-2)35(29)37-27(23-13-17-25(18-14-23)39(41)47-5)21-33(49-37)34-22-28(24-15-19-26(20-16-24)40(42)48-6)38(50-34)36-31(45-3)11-8-12-32(36)46-4/h7-22H,1-6H3. The monoisotopic (exact) mass is 706 g/mol. The number of methoxy groups -OCH3 is 6. The summed E-state index contributed by atoms with van der Waals surface area (Å²) in [7, 11) is 9.29. The van der Waals surface area contributed by atoms with E-state index >= 15 is 0 Å². The molecular weight excluding hydrogens is 673 g/mol. The molecule has 6 aromatic rings. The van der Waals surface area contributed by atoms with Crippen LogP contribution in [0.25, 0.3) is 52.9 Å². The van der Waals surface area contributed by atoms with Crippen molar-refractivity contribution in [3.05, 3.63) is 108 Å². The van der Waals surface area contributed by atoms with Gasteiger partial charge in [0.15, 0.2) is 0 Å². The SMILES string of the molecule is COC(=O)c1ccc(-c2cc(-c3cc(-c4ccc(C(=O)OC)cc4)c(-c4c(OC)cccc4OC)s3)sc2-c2c(OC)cccc2OC)cc1. The minimum atomic E-state index is -0.404. The van der Waals surface area contributed by atoms with Gasteiger partial charge in [0.2, 0.25) is 0 Å². The molecule has 50 heavy (non-hydrogen) atoms. The lowest BCUT2D eigenvalue weighted by Crippen LogP contribution is -2.00. The number of rotatable bonds is 11. The first-order chi connectivity index (χ1) is 24.3. The number of carbonyl (C=O) groups is 2. The average molecular weight is 707 g/mol. The summed E-state index contributed by atoms with van der Waals surface area (Å²) in [6.45, 7) is 0. The van der Waals surface area contributed by atoms with Gasteiger partial charge in [-0.1, -0.05) is 36.4 Å². The molecule has 0 fully saturated rings. The van der Waals surface area contributed by atoms with Crippen LogP contribution in [0.5, 0.6) is 23.0 Å². The second-order valence-corrected chi connectivity index (χ2v) is 13.0. The summed E-state index contributed by atoms with van der Waals surface area (Å²) in [5.41, 5.74) is 6.26. The van der Waals surface area contributed by atoms with E-state index in [4.69, 9.17) is 28.4 Å². The van der Waals surface area contributed by atoms with Gasteiger partial charge in [0, 0.05) is 20.9 Å². The summed E-state index contributed by atoms with van der Waals surface area (Å²) in [6, 6.07) is 30.4. The molecule has 10 heteroatoms. The fraction of sp³-hybridized carbons (Fsp3) is 0.150. The van der Waals surface area contributed by atoms with Crippen LogP contribution in [0.1, 0.15) is 20.7 Å². The molecule has 0 atom stereocenters. The predicted octanol–water partition coefficient (Wildman–Crippen LogP) is 9.75. The second kappa shape index (κ2) is 14.9. The van der Waals surface area contributed by atoms with Crippen LogP contribution in [-0.4, -0.2) is 54.6 Å². The molecule has 0 bridgehead atoms. The highest BCUT2D eigenvalue weighted by Crippen LogP contribution is 2.54. The number of carbonyl (C=O) groups excluding carboxylic acids is 2. The maximum absolute atomic E-state index is 12.2. The van der Waals surface area contributed by atoms with Gasteiger partial charge < -0.3 is 28.4 Å². The molecule has 2 aromatic heterocycles. The van der Waals surface area contributed by atoms with Crippen LogP contribution >= 0.6 is 22.7 Å². The van der Waals surface area contributed by atoms with Gasteiger partial charge in [-0.2, -0.15) is 0 Å². The van der Waals surface area contributed by atoms with Gasteiger partial charge in [-0.15, -0.1) is 22.7 Å². The number of esters is 2. The second-order valence-electron chi connectivity index (χ2n) is 10.9. The molecule has 6 rings (SSSR count). The summed E-state index contributed by atoms with van der Waals surface area (Å²) >= 11 is 3.22. The Hall–Kier alpha value is -5.58. The number of benzene rings is 4. The van der Waals surface area contributed by atoms with Crippen molar-refractivity contribution in [2.75, 3.05) is 42.7 Å². The van der Waals surface area contributed by atoms with Crippen molar-refractivity contribution in [3.8, 4) is 75.9 Å².